The van der Waals surface area contributed by atoms with Gasteiger partial charge in [0.1, 0.15) is 24.1 Å². The van der Waals surface area contributed by atoms with Crippen molar-refractivity contribution >= 4 is 13.7 Å². The molecule has 1 aromatic carbocycles. The largest absolute Gasteiger partial charge is 0.462 e. The molecule has 0 spiro atoms. The van der Waals surface area contributed by atoms with E-state index in [0.717, 1.165) is 4.57 Å². The molecule has 1 aromatic heterocycles. The van der Waals surface area contributed by atoms with Crippen LogP contribution in [0.5, 0.6) is 5.75 Å². The maximum absolute atomic E-state index is 13.7. The number of hydrogen-bond acceptors (Lipinski definition) is 9. The normalized spacial score (nSPS) is 23.1. The van der Waals surface area contributed by atoms with Crippen LogP contribution in [-0.2, 0) is 23.4 Å². The first-order valence-electron chi connectivity index (χ1n) is 11.2. The number of aromatic nitrogens is 2. The Morgan fingerprint density at radius 3 is 2.56 bits per heavy atom. The number of carbonyl (C=O) groups excluding carboxylic acids is 1. The highest BCUT2D eigenvalue weighted by Gasteiger charge is 2.43. The molecule has 0 amide bonds. The molecule has 2 aromatic rings. The monoisotopic (exact) mass is 529 g/mol. The predicted molar refractivity (Wildman–Crippen MR) is 125 cm³/mol. The molecule has 0 aliphatic carbocycles. The van der Waals surface area contributed by atoms with Gasteiger partial charge in [0.25, 0.3) is 5.56 Å². The zero-order valence-electron chi connectivity index (χ0n) is 20.1. The molecule has 2 heterocycles. The van der Waals surface area contributed by atoms with E-state index in [4.69, 9.17) is 18.5 Å². The Balaban J connectivity index is 1.79. The molecule has 14 heteroatoms. The van der Waals surface area contributed by atoms with Gasteiger partial charge in [-0.05, 0) is 39.8 Å². The molecule has 1 aliphatic rings. The van der Waals surface area contributed by atoms with Gasteiger partial charge in [-0.25, -0.2) is 9.36 Å². The molecule has 3 N–H and O–H groups in total. The van der Waals surface area contributed by atoms with Crippen molar-refractivity contribution in [3.05, 3.63) is 63.2 Å². The van der Waals surface area contributed by atoms with Gasteiger partial charge in [-0.2, -0.15) is 9.48 Å². The molecular weight excluding hydrogens is 500 g/mol. The fourth-order valence-corrected chi connectivity index (χ4v) is 5.24. The van der Waals surface area contributed by atoms with Gasteiger partial charge in [-0.3, -0.25) is 23.7 Å². The highest BCUT2D eigenvalue weighted by Crippen LogP contribution is 2.47. The average molecular weight is 529 g/mol. The molecule has 12 nitrogen and oxygen atoms in total. The minimum absolute atomic E-state index is 0.141. The van der Waals surface area contributed by atoms with E-state index in [1.807, 2.05) is 4.98 Å². The average Bonchev–Trinajstić information content (AvgIpc) is 3.17. The number of para-hydroxylation sites is 1. The van der Waals surface area contributed by atoms with Crippen LogP contribution < -0.4 is 20.9 Å². The Hall–Kier alpha value is -2.83. The van der Waals surface area contributed by atoms with E-state index < -0.39 is 67.5 Å². The summed E-state index contributed by atoms with van der Waals surface area (Å²) in [7, 11) is -4.26. The molecule has 3 rings (SSSR count). The SMILES string of the molecule is CC(C)OC(=O)[C@H](C)N[P@](=O)(Oc1ccccc1)O[C@H](C)[C@H]1O[C@@H](n2cc(F)c(=O)[nH]c2=O)CC1O. The molecule has 1 fully saturated rings. The maximum atomic E-state index is 13.7. The van der Waals surface area contributed by atoms with E-state index in [9.17, 15) is 28.4 Å². The summed E-state index contributed by atoms with van der Waals surface area (Å²) in [6.07, 6.45) is -4.42. The smallest absolute Gasteiger partial charge is 0.459 e. The molecule has 0 bridgehead atoms. The summed E-state index contributed by atoms with van der Waals surface area (Å²) in [4.78, 5) is 37.5. The maximum Gasteiger partial charge on any atom is 0.459 e. The molecule has 198 valence electrons. The number of nitrogens with one attached hydrogen (secondary N) is 2. The standard InChI is InChI=1S/C22H29FN3O9P/c1-12(2)32-21(29)13(3)25-36(31,35-15-8-6-5-7-9-15)34-14(4)19-17(27)10-18(33-19)26-11-16(23)20(28)24-22(26)30/h5-9,11-14,17-19,27H,10H2,1-4H3,(H,25,31)(H,24,28,30)/t13-,14+,17?,18+,19+,36+/m0/s1. The number of aromatic amines is 1. The van der Waals surface area contributed by atoms with Gasteiger partial charge in [0.05, 0.1) is 24.5 Å². The number of nitrogens with zero attached hydrogens (tertiary/aromatic N) is 1. The lowest BCUT2D eigenvalue weighted by atomic mass is 10.1. The van der Waals surface area contributed by atoms with E-state index in [-0.39, 0.29) is 12.2 Å². The molecule has 1 aliphatic heterocycles. The van der Waals surface area contributed by atoms with Crippen molar-refractivity contribution in [1.29, 1.82) is 0 Å². The lowest BCUT2D eigenvalue weighted by Gasteiger charge is -2.29. The Labute approximate surface area is 205 Å². The number of benzene rings is 1. The third kappa shape index (κ3) is 6.89. The van der Waals surface area contributed by atoms with Gasteiger partial charge in [0.15, 0.2) is 0 Å². The van der Waals surface area contributed by atoms with Crippen molar-refractivity contribution in [3.8, 4) is 5.75 Å². The number of ether oxygens (including phenoxy) is 2. The summed E-state index contributed by atoms with van der Waals surface area (Å²) in [6.45, 7) is 6.20. The number of halogens is 1. The van der Waals surface area contributed by atoms with E-state index in [2.05, 4.69) is 5.09 Å². The van der Waals surface area contributed by atoms with Crippen molar-refractivity contribution < 1.29 is 37.4 Å². The number of aliphatic hydroxyl groups is 1. The minimum Gasteiger partial charge on any atom is -0.462 e. The van der Waals surface area contributed by atoms with Crippen LogP contribution >= 0.6 is 7.75 Å². The van der Waals surface area contributed by atoms with Crippen molar-refractivity contribution in [2.24, 2.45) is 0 Å². The van der Waals surface area contributed by atoms with Gasteiger partial charge >= 0.3 is 19.4 Å². The van der Waals surface area contributed by atoms with Crippen molar-refractivity contribution in [3.63, 3.8) is 0 Å². The van der Waals surface area contributed by atoms with Crippen LogP contribution in [0.2, 0.25) is 0 Å². The van der Waals surface area contributed by atoms with Crippen LogP contribution in [0.3, 0.4) is 0 Å². The summed E-state index contributed by atoms with van der Waals surface area (Å²) < 4.78 is 50.3. The Morgan fingerprint density at radius 1 is 1.25 bits per heavy atom. The van der Waals surface area contributed by atoms with Gasteiger partial charge in [0, 0.05) is 6.42 Å². The van der Waals surface area contributed by atoms with E-state index in [1.165, 1.54) is 26.0 Å². The van der Waals surface area contributed by atoms with Gasteiger partial charge in [0.2, 0.25) is 5.82 Å². The van der Waals surface area contributed by atoms with Crippen molar-refractivity contribution in [2.45, 2.75) is 70.8 Å². The third-order valence-corrected chi connectivity index (χ3v) is 6.93. The first-order valence-corrected chi connectivity index (χ1v) is 12.8. The topological polar surface area (TPSA) is 158 Å². The van der Waals surface area contributed by atoms with Crippen LogP contribution in [-0.4, -0.2) is 51.1 Å². The number of aliphatic hydroxyl groups excluding tert-OH is 1. The van der Waals surface area contributed by atoms with Gasteiger partial charge < -0.3 is 19.1 Å². The third-order valence-electron chi connectivity index (χ3n) is 5.16. The second kappa shape index (κ2) is 11.5. The number of rotatable bonds is 10. The van der Waals surface area contributed by atoms with Crippen LogP contribution in [0.25, 0.3) is 0 Å². The van der Waals surface area contributed by atoms with Gasteiger partial charge in [-0.1, -0.05) is 18.2 Å². The molecule has 0 saturated carbocycles. The number of esters is 1. The van der Waals surface area contributed by atoms with E-state index >= 15 is 0 Å². The van der Waals surface area contributed by atoms with Crippen LogP contribution in [0.15, 0.2) is 46.1 Å². The fourth-order valence-electron chi connectivity index (χ4n) is 3.55. The summed E-state index contributed by atoms with van der Waals surface area (Å²) in [5, 5.41) is 13.1. The highest BCUT2D eigenvalue weighted by molar-refractivity contribution is 7.52. The van der Waals surface area contributed by atoms with Crippen LogP contribution in [0.1, 0.15) is 40.3 Å². The first-order chi connectivity index (χ1) is 16.9. The summed E-state index contributed by atoms with van der Waals surface area (Å²) in [5.74, 6) is -1.70. The lowest BCUT2D eigenvalue weighted by Crippen LogP contribution is -2.40. The quantitative estimate of drug-likeness (QED) is 0.306. The summed E-state index contributed by atoms with van der Waals surface area (Å²) >= 11 is 0. The molecule has 1 saturated heterocycles. The molecule has 1 unspecified atom stereocenters. The van der Waals surface area contributed by atoms with Crippen molar-refractivity contribution in [1.82, 2.24) is 14.6 Å². The molecular formula is C22H29FN3O9P. The van der Waals surface area contributed by atoms with E-state index in [0.29, 0.717) is 6.20 Å². The highest BCUT2D eigenvalue weighted by atomic mass is 31.2. The number of hydrogen-bond donors (Lipinski definition) is 3. The van der Waals surface area contributed by atoms with Crippen molar-refractivity contribution in [2.75, 3.05) is 0 Å². The van der Waals surface area contributed by atoms with Crippen LogP contribution in [0, 0.1) is 5.82 Å². The summed E-state index contributed by atoms with van der Waals surface area (Å²) in [6, 6.07) is 7.01. The minimum atomic E-state index is -4.26. The zero-order valence-corrected chi connectivity index (χ0v) is 21.0. The fraction of sp³-hybridized carbons (Fsp3) is 0.500. The predicted octanol–water partition coefficient (Wildman–Crippen LogP) is 1.85. The van der Waals surface area contributed by atoms with Crippen LogP contribution in [0.4, 0.5) is 4.39 Å². The van der Waals surface area contributed by atoms with E-state index in [1.54, 1.807) is 32.0 Å². The Bertz CT molecular complexity index is 1220. The second-order valence-electron chi connectivity index (χ2n) is 8.55. The Kier molecular flexibility index (Phi) is 8.85. The van der Waals surface area contributed by atoms with Gasteiger partial charge in [-0.15, -0.1) is 0 Å². The molecule has 6 atom stereocenters. The molecule has 36 heavy (non-hydrogen) atoms. The molecule has 0 radical (unpaired) electrons. The zero-order chi connectivity index (χ0) is 26.6. The lowest BCUT2D eigenvalue weighted by molar-refractivity contribution is -0.149. The first kappa shape index (κ1) is 27.8. The summed E-state index contributed by atoms with van der Waals surface area (Å²) in [5.41, 5.74) is -2.11. The Morgan fingerprint density at radius 2 is 1.92 bits per heavy atom. The second-order valence-corrected chi connectivity index (χ2v) is 10.2. The number of carbonyl (C=O) groups is 1. The number of H-pyrrole nitrogens is 1.